The minimum atomic E-state index is 0.309. The quantitative estimate of drug-likeness (QED) is 0.932. The Morgan fingerprint density at radius 3 is 2.79 bits per heavy atom. The number of hydrogen-bond donors (Lipinski definition) is 1. The zero-order chi connectivity index (χ0) is 13.5. The van der Waals surface area contributed by atoms with Crippen LogP contribution in [-0.2, 0) is 0 Å². The van der Waals surface area contributed by atoms with Crippen molar-refractivity contribution in [1.82, 2.24) is 14.9 Å². The molecular formula is C14H20N4S. The molecule has 0 aliphatic heterocycles. The van der Waals surface area contributed by atoms with E-state index in [-0.39, 0.29) is 0 Å². The molecule has 0 bridgehead atoms. The summed E-state index contributed by atoms with van der Waals surface area (Å²) in [6, 6.07) is 0. The number of aromatic nitrogens is 2. The van der Waals surface area contributed by atoms with Crippen LogP contribution in [0.15, 0.2) is 11.7 Å². The average Bonchev–Trinajstić information content (AvgIpc) is 2.70. The topological polar surface area (TPSA) is 41.0 Å². The first-order chi connectivity index (χ1) is 9.12. The van der Waals surface area contributed by atoms with Crippen LogP contribution in [-0.4, -0.2) is 41.0 Å². The van der Waals surface area contributed by atoms with Crippen LogP contribution in [0.5, 0.6) is 0 Å². The molecule has 0 unspecified atom stereocenters. The molecule has 2 aromatic rings. The second-order valence-corrected chi connectivity index (χ2v) is 6.52. The highest BCUT2D eigenvalue weighted by atomic mass is 32.1. The number of nitrogens with zero attached hydrogens (tertiary/aromatic N) is 3. The van der Waals surface area contributed by atoms with Crippen molar-refractivity contribution in [3.8, 4) is 0 Å². The molecule has 1 aliphatic carbocycles. The van der Waals surface area contributed by atoms with Crippen LogP contribution in [0.25, 0.3) is 10.2 Å². The molecule has 0 amide bonds. The maximum absolute atomic E-state index is 4.41. The van der Waals surface area contributed by atoms with Gasteiger partial charge in [0.15, 0.2) is 0 Å². The second kappa shape index (κ2) is 4.72. The SMILES string of the molecule is Cc1csc2c(NCC3(N(C)C)CCC3)ncnc12. The van der Waals surface area contributed by atoms with Gasteiger partial charge in [0.2, 0.25) is 0 Å². The second-order valence-electron chi connectivity index (χ2n) is 5.64. The Balaban J connectivity index is 1.82. The minimum Gasteiger partial charge on any atom is -0.367 e. The van der Waals surface area contributed by atoms with Gasteiger partial charge in [-0.1, -0.05) is 0 Å². The summed E-state index contributed by atoms with van der Waals surface area (Å²) in [6.07, 6.45) is 5.53. The van der Waals surface area contributed by atoms with Gasteiger partial charge in [-0.05, 0) is 51.2 Å². The average molecular weight is 276 g/mol. The molecule has 4 nitrogen and oxygen atoms in total. The Morgan fingerprint density at radius 1 is 1.37 bits per heavy atom. The van der Waals surface area contributed by atoms with Crippen LogP contribution in [0.1, 0.15) is 24.8 Å². The lowest BCUT2D eigenvalue weighted by atomic mass is 9.75. The summed E-state index contributed by atoms with van der Waals surface area (Å²) in [6.45, 7) is 3.06. The van der Waals surface area contributed by atoms with E-state index in [2.05, 4.69) is 46.6 Å². The molecule has 2 aromatic heterocycles. The highest BCUT2D eigenvalue weighted by molar-refractivity contribution is 7.18. The molecule has 1 N–H and O–H groups in total. The lowest BCUT2D eigenvalue weighted by molar-refractivity contribution is 0.0738. The Kier molecular flexibility index (Phi) is 3.19. The first-order valence-corrected chi connectivity index (χ1v) is 7.60. The fourth-order valence-corrected chi connectivity index (χ4v) is 3.68. The van der Waals surface area contributed by atoms with Crippen molar-refractivity contribution in [2.75, 3.05) is 26.0 Å². The molecule has 0 aromatic carbocycles. The summed E-state index contributed by atoms with van der Waals surface area (Å²) in [5.41, 5.74) is 2.62. The molecule has 102 valence electrons. The van der Waals surface area contributed by atoms with Gasteiger partial charge < -0.3 is 10.2 Å². The maximum Gasteiger partial charge on any atom is 0.147 e. The number of nitrogens with one attached hydrogen (secondary N) is 1. The molecule has 1 saturated carbocycles. The molecular weight excluding hydrogens is 256 g/mol. The molecule has 0 spiro atoms. The van der Waals surface area contributed by atoms with E-state index in [9.17, 15) is 0 Å². The molecule has 1 aliphatic rings. The third-order valence-corrected chi connectivity index (χ3v) is 5.44. The van der Waals surface area contributed by atoms with Gasteiger partial charge in [-0.2, -0.15) is 0 Å². The molecule has 2 heterocycles. The predicted octanol–water partition coefficient (Wildman–Crippen LogP) is 2.90. The van der Waals surface area contributed by atoms with Crippen molar-refractivity contribution in [1.29, 1.82) is 0 Å². The largest absolute Gasteiger partial charge is 0.367 e. The number of likely N-dealkylation sites (N-methyl/N-ethyl adjacent to an activating group) is 1. The Hall–Kier alpha value is -1.20. The van der Waals surface area contributed by atoms with Crippen molar-refractivity contribution in [3.63, 3.8) is 0 Å². The van der Waals surface area contributed by atoms with Crippen molar-refractivity contribution in [3.05, 3.63) is 17.3 Å². The highest BCUT2D eigenvalue weighted by Gasteiger charge is 2.38. The number of aryl methyl sites for hydroxylation is 1. The van der Waals surface area contributed by atoms with Gasteiger partial charge in [0, 0.05) is 12.1 Å². The minimum absolute atomic E-state index is 0.309. The third kappa shape index (κ3) is 2.11. The summed E-state index contributed by atoms with van der Waals surface area (Å²) in [5.74, 6) is 0.983. The van der Waals surface area contributed by atoms with Gasteiger partial charge in [0.05, 0.1) is 10.2 Å². The normalized spacial score (nSPS) is 17.7. The van der Waals surface area contributed by atoms with Crippen molar-refractivity contribution >= 4 is 27.4 Å². The smallest absolute Gasteiger partial charge is 0.147 e. The third-order valence-electron chi connectivity index (χ3n) is 4.35. The zero-order valence-electron chi connectivity index (χ0n) is 11.7. The predicted molar refractivity (Wildman–Crippen MR) is 80.9 cm³/mol. The van der Waals surface area contributed by atoms with Gasteiger partial charge in [0.25, 0.3) is 0 Å². The molecule has 0 radical (unpaired) electrons. The van der Waals surface area contributed by atoms with Crippen LogP contribution in [0, 0.1) is 6.92 Å². The summed E-state index contributed by atoms with van der Waals surface area (Å²) >= 11 is 1.72. The molecule has 0 atom stereocenters. The van der Waals surface area contributed by atoms with Gasteiger partial charge >= 0.3 is 0 Å². The van der Waals surface area contributed by atoms with E-state index >= 15 is 0 Å². The number of thiophene rings is 1. The first-order valence-electron chi connectivity index (χ1n) is 6.72. The summed E-state index contributed by atoms with van der Waals surface area (Å²) in [5, 5.41) is 5.69. The first kappa shape index (κ1) is 12.8. The number of rotatable bonds is 4. The van der Waals surface area contributed by atoms with Crippen LogP contribution in [0.4, 0.5) is 5.82 Å². The van der Waals surface area contributed by atoms with Crippen molar-refractivity contribution in [2.24, 2.45) is 0 Å². The fraction of sp³-hybridized carbons (Fsp3) is 0.571. The van der Waals surface area contributed by atoms with Gasteiger partial charge in [-0.3, -0.25) is 0 Å². The van der Waals surface area contributed by atoms with E-state index in [0.717, 1.165) is 17.9 Å². The van der Waals surface area contributed by atoms with E-state index in [1.807, 2.05) is 0 Å². The Labute approximate surface area is 117 Å². The van der Waals surface area contributed by atoms with Crippen LogP contribution >= 0.6 is 11.3 Å². The van der Waals surface area contributed by atoms with Gasteiger partial charge in [0.1, 0.15) is 12.1 Å². The number of hydrogen-bond acceptors (Lipinski definition) is 5. The number of fused-ring (bicyclic) bond motifs is 1. The highest BCUT2D eigenvalue weighted by Crippen LogP contribution is 2.37. The van der Waals surface area contributed by atoms with Crippen LogP contribution in [0.2, 0.25) is 0 Å². The monoisotopic (exact) mass is 276 g/mol. The maximum atomic E-state index is 4.41. The van der Waals surface area contributed by atoms with Crippen LogP contribution < -0.4 is 5.32 Å². The Morgan fingerprint density at radius 2 is 2.16 bits per heavy atom. The standard InChI is InChI=1S/C14H20N4S/c1-10-7-19-12-11(10)16-9-17-13(12)15-8-14(18(2)3)5-4-6-14/h7,9H,4-6,8H2,1-3H3,(H,15,16,17). The molecule has 5 heteroatoms. The lowest BCUT2D eigenvalue weighted by Crippen LogP contribution is -2.54. The molecule has 3 rings (SSSR count). The van der Waals surface area contributed by atoms with E-state index in [0.29, 0.717) is 5.54 Å². The van der Waals surface area contributed by atoms with E-state index in [4.69, 9.17) is 0 Å². The Bertz CT molecular complexity index is 586. The van der Waals surface area contributed by atoms with Crippen molar-refractivity contribution < 1.29 is 0 Å². The van der Waals surface area contributed by atoms with Gasteiger partial charge in [-0.25, -0.2) is 9.97 Å². The van der Waals surface area contributed by atoms with Crippen LogP contribution in [0.3, 0.4) is 0 Å². The number of anilines is 1. The molecule has 0 saturated heterocycles. The molecule has 19 heavy (non-hydrogen) atoms. The summed E-state index contributed by atoms with van der Waals surface area (Å²) in [7, 11) is 4.34. The van der Waals surface area contributed by atoms with Crippen molar-refractivity contribution in [2.45, 2.75) is 31.7 Å². The zero-order valence-corrected chi connectivity index (χ0v) is 12.5. The van der Waals surface area contributed by atoms with Gasteiger partial charge in [-0.15, -0.1) is 11.3 Å². The summed E-state index contributed by atoms with van der Waals surface area (Å²) < 4.78 is 1.17. The molecule has 1 fully saturated rings. The van der Waals surface area contributed by atoms with E-state index in [1.54, 1.807) is 17.7 Å². The van der Waals surface area contributed by atoms with E-state index in [1.165, 1.54) is 29.5 Å². The fourth-order valence-electron chi connectivity index (χ4n) is 2.71. The lowest BCUT2D eigenvalue weighted by Gasteiger charge is -2.47. The van der Waals surface area contributed by atoms with E-state index < -0.39 is 0 Å². The summed E-state index contributed by atoms with van der Waals surface area (Å²) in [4.78, 5) is 11.1.